The van der Waals surface area contributed by atoms with Crippen molar-refractivity contribution in [1.29, 1.82) is 0 Å². The minimum Gasteiger partial charge on any atom is -0.489 e. The molecule has 5 nitrogen and oxygen atoms in total. The third-order valence-electron chi connectivity index (χ3n) is 3.97. The number of ether oxygens (including phenoxy) is 1. The number of amides is 1. The Balaban J connectivity index is 1.65. The molecule has 2 aromatic rings. The zero-order valence-electron chi connectivity index (χ0n) is 12.8. The van der Waals surface area contributed by atoms with Crippen molar-refractivity contribution in [3.63, 3.8) is 0 Å². The van der Waals surface area contributed by atoms with Gasteiger partial charge in [-0.3, -0.25) is 9.59 Å². The van der Waals surface area contributed by atoms with Gasteiger partial charge in [-0.15, -0.1) is 0 Å². The number of carbonyl (C=O) groups is 2. The van der Waals surface area contributed by atoms with E-state index in [0.29, 0.717) is 17.0 Å². The average Bonchev–Trinajstić information content (AvgIpc) is 2.97. The lowest BCUT2D eigenvalue weighted by molar-refractivity contribution is -0.141. The van der Waals surface area contributed by atoms with Gasteiger partial charge in [-0.2, -0.15) is 0 Å². The largest absolute Gasteiger partial charge is 0.489 e. The smallest absolute Gasteiger partial charge is 0.308 e. The summed E-state index contributed by atoms with van der Waals surface area (Å²) in [6, 6.07) is 13.1. The van der Waals surface area contributed by atoms with E-state index in [1.807, 2.05) is 0 Å². The maximum atomic E-state index is 13.5. The number of rotatable bonds is 5. The van der Waals surface area contributed by atoms with E-state index in [0.717, 1.165) is 0 Å². The lowest BCUT2D eigenvalue weighted by atomic mass is 10.1. The summed E-state index contributed by atoms with van der Waals surface area (Å²) in [5, 5.41) is 9.01. The molecule has 0 radical (unpaired) electrons. The van der Waals surface area contributed by atoms with Gasteiger partial charge in [-0.05, 0) is 30.3 Å². The number of benzene rings is 2. The number of aliphatic carboxylic acids is 1. The molecule has 0 saturated carbocycles. The van der Waals surface area contributed by atoms with E-state index in [1.165, 1.54) is 11.0 Å². The first-order chi connectivity index (χ1) is 11.5. The van der Waals surface area contributed by atoms with Gasteiger partial charge in [0.05, 0.1) is 5.92 Å². The molecule has 24 heavy (non-hydrogen) atoms. The van der Waals surface area contributed by atoms with Crippen LogP contribution in [-0.4, -0.2) is 23.5 Å². The number of anilines is 1. The van der Waals surface area contributed by atoms with Gasteiger partial charge < -0.3 is 14.7 Å². The molecule has 1 atom stereocenters. The molecule has 124 valence electrons. The molecule has 1 saturated heterocycles. The van der Waals surface area contributed by atoms with E-state index < -0.39 is 11.9 Å². The van der Waals surface area contributed by atoms with Gasteiger partial charge in [0, 0.05) is 24.2 Å². The Hall–Kier alpha value is -2.89. The van der Waals surface area contributed by atoms with Gasteiger partial charge in [0.25, 0.3) is 0 Å². The van der Waals surface area contributed by atoms with Gasteiger partial charge in [0.2, 0.25) is 5.91 Å². The molecule has 0 aliphatic carbocycles. The van der Waals surface area contributed by atoms with Crippen LogP contribution >= 0.6 is 0 Å². The van der Waals surface area contributed by atoms with E-state index in [4.69, 9.17) is 9.84 Å². The minimum atomic E-state index is -0.962. The molecule has 1 aliphatic rings. The third-order valence-corrected chi connectivity index (χ3v) is 3.97. The monoisotopic (exact) mass is 329 g/mol. The molecule has 1 aliphatic heterocycles. The molecule has 0 bridgehead atoms. The Morgan fingerprint density at radius 1 is 1.21 bits per heavy atom. The maximum absolute atomic E-state index is 13.5. The minimum absolute atomic E-state index is 0.0148. The topological polar surface area (TPSA) is 66.8 Å². The molecular weight excluding hydrogens is 313 g/mol. The quantitative estimate of drug-likeness (QED) is 0.916. The lowest BCUT2D eigenvalue weighted by Gasteiger charge is -2.16. The third kappa shape index (κ3) is 3.37. The second-order valence-corrected chi connectivity index (χ2v) is 5.62. The number of hydrogen-bond acceptors (Lipinski definition) is 3. The zero-order chi connectivity index (χ0) is 17.1. The van der Waals surface area contributed by atoms with Crippen LogP contribution < -0.4 is 9.64 Å². The number of carbonyl (C=O) groups excluding carboxylic acids is 1. The Kier molecular flexibility index (Phi) is 4.46. The molecule has 0 aromatic heterocycles. The SMILES string of the molecule is O=C(O)[C@@H]1CC(=O)N(c2ccc(OCc3ccccc3F)cc2)C1. The Labute approximate surface area is 138 Å². The highest BCUT2D eigenvalue weighted by Gasteiger charge is 2.34. The van der Waals surface area contributed by atoms with Crippen molar-refractivity contribution in [2.24, 2.45) is 5.92 Å². The standard InChI is InChI=1S/C18H16FNO4/c19-16-4-2-1-3-12(16)11-24-15-7-5-14(6-8-15)20-10-13(18(22)23)9-17(20)21/h1-8,13H,9-11H2,(H,22,23)/t13-/m1/s1. The molecule has 1 heterocycles. The van der Waals surface area contributed by atoms with Crippen LogP contribution in [0.25, 0.3) is 0 Å². The van der Waals surface area contributed by atoms with E-state index in [-0.39, 0.29) is 31.3 Å². The van der Waals surface area contributed by atoms with Crippen LogP contribution in [0.4, 0.5) is 10.1 Å². The second kappa shape index (κ2) is 6.70. The van der Waals surface area contributed by atoms with E-state index in [2.05, 4.69) is 0 Å². The van der Waals surface area contributed by atoms with Crippen LogP contribution in [-0.2, 0) is 16.2 Å². The fourth-order valence-corrected chi connectivity index (χ4v) is 2.62. The van der Waals surface area contributed by atoms with Crippen LogP contribution in [0, 0.1) is 11.7 Å². The fourth-order valence-electron chi connectivity index (χ4n) is 2.62. The van der Waals surface area contributed by atoms with Crippen molar-refractivity contribution in [3.8, 4) is 5.75 Å². The first-order valence-corrected chi connectivity index (χ1v) is 7.54. The number of carboxylic acid groups (broad SMARTS) is 1. The molecular formula is C18H16FNO4. The molecule has 0 spiro atoms. The van der Waals surface area contributed by atoms with Gasteiger partial charge in [0.15, 0.2) is 0 Å². The predicted octanol–water partition coefficient (Wildman–Crippen LogP) is 2.84. The zero-order valence-corrected chi connectivity index (χ0v) is 12.8. The Bertz CT molecular complexity index is 760. The summed E-state index contributed by atoms with van der Waals surface area (Å²) in [4.78, 5) is 24.4. The molecule has 1 N–H and O–H groups in total. The van der Waals surface area contributed by atoms with Crippen LogP contribution in [0.2, 0.25) is 0 Å². The number of halogens is 1. The Morgan fingerprint density at radius 3 is 2.54 bits per heavy atom. The lowest BCUT2D eigenvalue weighted by Crippen LogP contribution is -2.25. The first-order valence-electron chi connectivity index (χ1n) is 7.54. The number of hydrogen-bond donors (Lipinski definition) is 1. The van der Waals surface area contributed by atoms with E-state index in [1.54, 1.807) is 42.5 Å². The average molecular weight is 329 g/mol. The number of carboxylic acids is 1. The molecule has 0 unspecified atom stereocenters. The van der Waals surface area contributed by atoms with E-state index in [9.17, 15) is 14.0 Å². The fraction of sp³-hybridized carbons (Fsp3) is 0.222. The highest BCUT2D eigenvalue weighted by Crippen LogP contribution is 2.27. The normalized spacial score (nSPS) is 17.1. The summed E-state index contributed by atoms with van der Waals surface area (Å²) < 4.78 is 19.1. The molecule has 2 aromatic carbocycles. The van der Waals surface area contributed by atoms with Crippen molar-refractivity contribution in [1.82, 2.24) is 0 Å². The van der Waals surface area contributed by atoms with Crippen LogP contribution in [0.15, 0.2) is 48.5 Å². The molecule has 3 rings (SSSR count). The van der Waals surface area contributed by atoms with Crippen molar-refractivity contribution >= 4 is 17.6 Å². The molecule has 1 amide bonds. The summed E-state index contributed by atoms with van der Waals surface area (Å²) >= 11 is 0. The van der Waals surface area contributed by atoms with Crippen molar-refractivity contribution in [3.05, 3.63) is 59.9 Å². The summed E-state index contributed by atoms with van der Waals surface area (Å²) in [5.41, 5.74) is 1.09. The summed E-state index contributed by atoms with van der Waals surface area (Å²) in [7, 11) is 0. The van der Waals surface area contributed by atoms with Gasteiger partial charge >= 0.3 is 5.97 Å². The van der Waals surface area contributed by atoms with Gasteiger partial charge in [0.1, 0.15) is 18.2 Å². The second-order valence-electron chi connectivity index (χ2n) is 5.62. The molecule has 6 heteroatoms. The van der Waals surface area contributed by atoms with Gasteiger partial charge in [-0.1, -0.05) is 18.2 Å². The van der Waals surface area contributed by atoms with Crippen molar-refractivity contribution in [2.45, 2.75) is 13.0 Å². The van der Waals surface area contributed by atoms with Crippen LogP contribution in [0.3, 0.4) is 0 Å². The summed E-state index contributed by atoms with van der Waals surface area (Å²) in [6.45, 7) is 0.277. The summed E-state index contributed by atoms with van der Waals surface area (Å²) in [6.07, 6.45) is 0.0148. The van der Waals surface area contributed by atoms with Crippen molar-refractivity contribution < 1.29 is 23.8 Å². The predicted molar refractivity (Wildman–Crippen MR) is 85.3 cm³/mol. The summed E-state index contributed by atoms with van der Waals surface area (Å²) in [5.74, 6) is -1.62. The highest BCUT2D eigenvalue weighted by molar-refractivity contribution is 5.99. The Morgan fingerprint density at radius 2 is 1.92 bits per heavy atom. The van der Waals surface area contributed by atoms with Crippen LogP contribution in [0.1, 0.15) is 12.0 Å². The van der Waals surface area contributed by atoms with E-state index >= 15 is 0 Å². The van der Waals surface area contributed by atoms with Crippen molar-refractivity contribution in [2.75, 3.05) is 11.4 Å². The van der Waals surface area contributed by atoms with Gasteiger partial charge in [-0.25, -0.2) is 4.39 Å². The first kappa shape index (κ1) is 16.0. The number of nitrogens with zero attached hydrogens (tertiary/aromatic N) is 1. The van der Waals surface area contributed by atoms with Crippen LogP contribution in [0.5, 0.6) is 5.75 Å². The molecule has 1 fully saturated rings. The highest BCUT2D eigenvalue weighted by atomic mass is 19.1. The maximum Gasteiger partial charge on any atom is 0.308 e.